The molecule has 4 heteroatoms. The van der Waals surface area contributed by atoms with E-state index in [1.165, 1.54) is 29.8 Å². The minimum Gasteiger partial charge on any atom is -0.459 e. The molecule has 1 aromatic carbocycles. The lowest BCUT2D eigenvalue weighted by atomic mass is 10.1. The highest BCUT2D eigenvalue weighted by molar-refractivity contribution is 7.99. The van der Waals surface area contributed by atoms with Gasteiger partial charge in [0.25, 0.3) is 0 Å². The van der Waals surface area contributed by atoms with E-state index in [1.54, 1.807) is 0 Å². The van der Waals surface area contributed by atoms with E-state index in [2.05, 4.69) is 47.1 Å². The van der Waals surface area contributed by atoms with Crippen molar-refractivity contribution in [2.75, 3.05) is 25.9 Å². The highest BCUT2D eigenvalue weighted by atomic mass is 32.2. The molecule has 20 heavy (non-hydrogen) atoms. The molecule has 0 bridgehead atoms. The van der Waals surface area contributed by atoms with Crippen LogP contribution < -0.4 is 5.32 Å². The second-order valence-electron chi connectivity index (χ2n) is 5.45. The van der Waals surface area contributed by atoms with Crippen molar-refractivity contribution in [2.24, 2.45) is 0 Å². The summed E-state index contributed by atoms with van der Waals surface area (Å²) in [5.74, 6) is 2.32. The van der Waals surface area contributed by atoms with Crippen LogP contribution >= 0.6 is 11.8 Å². The van der Waals surface area contributed by atoms with Gasteiger partial charge in [-0.2, -0.15) is 11.8 Å². The summed E-state index contributed by atoms with van der Waals surface area (Å²) >= 11 is 2.08. The molecule has 2 aromatic rings. The molecule has 0 aliphatic carbocycles. The zero-order chi connectivity index (χ0) is 13.9. The summed E-state index contributed by atoms with van der Waals surface area (Å²) in [7, 11) is 1.97. The zero-order valence-corrected chi connectivity index (χ0v) is 13.0. The number of rotatable bonds is 4. The van der Waals surface area contributed by atoms with E-state index in [0.717, 1.165) is 29.7 Å². The first-order chi connectivity index (χ1) is 9.78. The highest BCUT2D eigenvalue weighted by Crippen LogP contribution is 2.28. The minimum atomic E-state index is 0.731. The van der Waals surface area contributed by atoms with Crippen molar-refractivity contribution in [1.82, 2.24) is 10.2 Å². The van der Waals surface area contributed by atoms with E-state index in [-0.39, 0.29) is 0 Å². The molecule has 2 heterocycles. The maximum atomic E-state index is 6.01. The Morgan fingerprint density at radius 3 is 3.05 bits per heavy atom. The van der Waals surface area contributed by atoms with Crippen molar-refractivity contribution >= 4 is 22.7 Å². The number of hydrogen-bond acceptors (Lipinski definition) is 4. The summed E-state index contributed by atoms with van der Waals surface area (Å²) < 4.78 is 6.01. The van der Waals surface area contributed by atoms with Crippen molar-refractivity contribution < 1.29 is 4.42 Å². The molecular weight excluding hydrogens is 268 g/mol. The van der Waals surface area contributed by atoms with Crippen LogP contribution in [0.1, 0.15) is 18.2 Å². The van der Waals surface area contributed by atoms with Gasteiger partial charge in [0.15, 0.2) is 0 Å². The molecule has 1 unspecified atom stereocenters. The SMILES string of the molecule is CNCc1oc2ccccc2c1CN1CCSC(C)C1. The lowest BCUT2D eigenvalue weighted by Gasteiger charge is -2.30. The van der Waals surface area contributed by atoms with E-state index in [1.807, 2.05) is 13.1 Å². The standard InChI is InChI=1S/C16H22N2OS/c1-12-10-18(7-8-20-12)11-14-13-5-3-4-6-15(13)19-16(14)9-17-2/h3-6,12,17H,7-11H2,1-2H3. The molecule has 1 atom stereocenters. The Balaban J connectivity index is 1.90. The average molecular weight is 290 g/mol. The van der Waals surface area contributed by atoms with Gasteiger partial charge in [-0.3, -0.25) is 4.90 Å². The maximum absolute atomic E-state index is 6.01. The molecule has 1 aliphatic heterocycles. The van der Waals surface area contributed by atoms with Crippen molar-refractivity contribution in [3.05, 3.63) is 35.6 Å². The van der Waals surface area contributed by atoms with Crippen LogP contribution in [0.15, 0.2) is 28.7 Å². The lowest BCUT2D eigenvalue weighted by molar-refractivity contribution is 0.276. The topological polar surface area (TPSA) is 28.4 Å². The third-order valence-electron chi connectivity index (χ3n) is 3.83. The predicted molar refractivity (Wildman–Crippen MR) is 86.2 cm³/mol. The van der Waals surface area contributed by atoms with Crippen LogP contribution in [0.5, 0.6) is 0 Å². The highest BCUT2D eigenvalue weighted by Gasteiger charge is 2.20. The van der Waals surface area contributed by atoms with Crippen molar-refractivity contribution in [3.63, 3.8) is 0 Å². The zero-order valence-electron chi connectivity index (χ0n) is 12.2. The van der Waals surface area contributed by atoms with Gasteiger partial charge < -0.3 is 9.73 Å². The first-order valence-electron chi connectivity index (χ1n) is 7.25. The van der Waals surface area contributed by atoms with Crippen molar-refractivity contribution in [1.29, 1.82) is 0 Å². The van der Waals surface area contributed by atoms with Gasteiger partial charge in [0.2, 0.25) is 0 Å². The van der Waals surface area contributed by atoms with Gasteiger partial charge in [0.1, 0.15) is 11.3 Å². The van der Waals surface area contributed by atoms with Crippen molar-refractivity contribution in [2.45, 2.75) is 25.3 Å². The Kier molecular flexibility index (Phi) is 4.34. The fourth-order valence-corrected chi connectivity index (χ4v) is 3.97. The normalized spacial score (nSPS) is 20.6. The van der Waals surface area contributed by atoms with Gasteiger partial charge >= 0.3 is 0 Å². The largest absolute Gasteiger partial charge is 0.459 e. The van der Waals surface area contributed by atoms with Gasteiger partial charge in [-0.05, 0) is 13.1 Å². The van der Waals surface area contributed by atoms with E-state index in [0.29, 0.717) is 0 Å². The maximum Gasteiger partial charge on any atom is 0.134 e. The third kappa shape index (κ3) is 2.87. The Labute approximate surface area is 124 Å². The fourth-order valence-electron chi connectivity index (χ4n) is 2.88. The Morgan fingerprint density at radius 2 is 2.25 bits per heavy atom. The summed E-state index contributed by atoms with van der Waals surface area (Å²) in [5, 5.41) is 5.21. The van der Waals surface area contributed by atoms with Crippen LogP contribution in [0, 0.1) is 0 Å². The fraction of sp³-hybridized carbons (Fsp3) is 0.500. The Morgan fingerprint density at radius 1 is 1.40 bits per heavy atom. The monoisotopic (exact) mass is 290 g/mol. The van der Waals surface area contributed by atoms with Crippen molar-refractivity contribution in [3.8, 4) is 0 Å². The summed E-state index contributed by atoms with van der Waals surface area (Å²) in [4.78, 5) is 2.55. The minimum absolute atomic E-state index is 0.731. The molecule has 1 N–H and O–H groups in total. The number of thioether (sulfide) groups is 1. The van der Waals surface area contributed by atoms with Crippen LogP contribution in [0.4, 0.5) is 0 Å². The first-order valence-corrected chi connectivity index (χ1v) is 8.30. The molecule has 1 aliphatic rings. The lowest BCUT2D eigenvalue weighted by Crippen LogP contribution is -2.36. The van der Waals surface area contributed by atoms with Gasteiger partial charge in [-0.1, -0.05) is 25.1 Å². The molecule has 0 saturated carbocycles. The number of nitrogens with one attached hydrogen (secondary N) is 1. The molecule has 0 radical (unpaired) electrons. The predicted octanol–water partition coefficient (Wildman–Crippen LogP) is 3.09. The van der Waals surface area contributed by atoms with Gasteiger partial charge in [-0.15, -0.1) is 0 Å². The van der Waals surface area contributed by atoms with Gasteiger partial charge in [0, 0.05) is 41.6 Å². The first kappa shape index (κ1) is 14.0. The molecule has 1 aromatic heterocycles. The number of fused-ring (bicyclic) bond motifs is 1. The smallest absolute Gasteiger partial charge is 0.134 e. The number of para-hydroxylation sites is 1. The molecular formula is C16H22N2OS. The summed E-state index contributed by atoms with van der Waals surface area (Å²) in [5.41, 5.74) is 2.36. The van der Waals surface area contributed by atoms with Crippen LogP contribution in [0.3, 0.4) is 0 Å². The van der Waals surface area contributed by atoms with E-state index < -0.39 is 0 Å². The average Bonchev–Trinajstić information content (AvgIpc) is 2.78. The third-order valence-corrected chi connectivity index (χ3v) is 4.96. The van der Waals surface area contributed by atoms with Crippen LogP contribution in [0.2, 0.25) is 0 Å². The number of nitrogens with zero attached hydrogens (tertiary/aromatic N) is 1. The number of benzene rings is 1. The molecule has 0 spiro atoms. The second-order valence-corrected chi connectivity index (χ2v) is 6.99. The Bertz CT molecular complexity index is 581. The number of hydrogen-bond donors (Lipinski definition) is 1. The number of furan rings is 1. The molecule has 3 nitrogen and oxygen atoms in total. The van der Waals surface area contributed by atoms with E-state index in [4.69, 9.17) is 4.42 Å². The quantitative estimate of drug-likeness (QED) is 0.936. The van der Waals surface area contributed by atoms with Crippen LogP contribution in [0.25, 0.3) is 11.0 Å². The van der Waals surface area contributed by atoms with Gasteiger partial charge in [-0.25, -0.2) is 0 Å². The molecule has 0 amide bonds. The van der Waals surface area contributed by atoms with Gasteiger partial charge in [0.05, 0.1) is 6.54 Å². The summed E-state index contributed by atoms with van der Waals surface area (Å²) in [6.07, 6.45) is 0. The molecule has 3 rings (SSSR count). The Hall–Kier alpha value is -0.970. The van der Waals surface area contributed by atoms with Crippen LogP contribution in [-0.4, -0.2) is 36.0 Å². The van der Waals surface area contributed by atoms with Crippen LogP contribution in [-0.2, 0) is 13.1 Å². The van der Waals surface area contributed by atoms with E-state index >= 15 is 0 Å². The summed E-state index contributed by atoms with van der Waals surface area (Å²) in [6, 6.07) is 8.37. The van der Waals surface area contributed by atoms with E-state index in [9.17, 15) is 0 Å². The second kappa shape index (κ2) is 6.20. The molecule has 1 saturated heterocycles. The molecule has 108 valence electrons. The summed E-state index contributed by atoms with van der Waals surface area (Å²) in [6.45, 7) is 6.45. The molecule has 1 fully saturated rings.